The minimum Gasteiger partial charge on any atom is -0.391 e. The third kappa shape index (κ3) is 4.35. The molecule has 2 rings (SSSR count). The molecule has 0 spiro atoms. The molecule has 0 saturated carbocycles. The molecule has 1 amide bonds. The van der Waals surface area contributed by atoms with Gasteiger partial charge in [0.15, 0.2) is 0 Å². The molecule has 0 radical (unpaired) electrons. The lowest BCUT2D eigenvalue weighted by Crippen LogP contribution is -2.30. The van der Waals surface area contributed by atoms with E-state index < -0.39 is 0 Å². The minimum absolute atomic E-state index is 0.192. The van der Waals surface area contributed by atoms with Crippen molar-refractivity contribution in [1.29, 1.82) is 0 Å². The fourth-order valence-electron chi connectivity index (χ4n) is 2.56. The molecule has 1 unspecified atom stereocenters. The molecule has 19 heavy (non-hydrogen) atoms. The van der Waals surface area contributed by atoms with Crippen molar-refractivity contribution in [3.8, 4) is 0 Å². The topological polar surface area (TPSA) is 40.5 Å². The van der Waals surface area contributed by atoms with Gasteiger partial charge in [0.2, 0.25) is 5.91 Å². The summed E-state index contributed by atoms with van der Waals surface area (Å²) in [5.74, 6) is 0.586. The summed E-state index contributed by atoms with van der Waals surface area (Å²) >= 11 is 0. The van der Waals surface area contributed by atoms with Crippen molar-refractivity contribution in [3.05, 3.63) is 35.9 Å². The number of aryl methyl sites for hydroxylation is 1. The second-order valence-corrected chi connectivity index (χ2v) is 5.62. The van der Waals surface area contributed by atoms with E-state index in [9.17, 15) is 9.90 Å². The predicted octanol–water partition coefficient (Wildman–Crippen LogP) is 2.24. The van der Waals surface area contributed by atoms with Crippen molar-refractivity contribution >= 4 is 5.91 Å². The number of benzene rings is 1. The molecule has 1 aliphatic heterocycles. The monoisotopic (exact) mass is 261 g/mol. The highest BCUT2D eigenvalue weighted by molar-refractivity contribution is 5.76. The molecule has 0 aromatic heterocycles. The number of amides is 1. The summed E-state index contributed by atoms with van der Waals surface area (Å²) in [6.45, 7) is 3.36. The number of carbonyl (C=O) groups excluding carboxylic acids is 1. The van der Waals surface area contributed by atoms with Crippen molar-refractivity contribution in [2.24, 2.45) is 5.92 Å². The summed E-state index contributed by atoms with van der Waals surface area (Å²) in [4.78, 5) is 13.8. The number of hydrogen-bond acceptors (Lipinski definition) is 2. The first-order valence-electron chi connectivity index (χ1n) is 7.15. The first-order valence-corrected chi connectivity index (χ1v) is 7.15. The Balaban J connectivity index is 1.72. The molecule has 0 aliphatic carbocycles. The second kappa shape index (κ2) is 6.71. The van der Waals surface area contributed by atoms with Crippen molar-refractivity contribution in [2.45, 2.75) is 38.7 Å². The number of hydrogen-bond donors (Lipinski definition) is 1. The lowest BCUT2D eigenvalue weighted by molar-refractivity contribution is -0.131. The average molecular weight is 261 g/mol. The van der Waals surface area contributed by atoms with Gasteiger partial charge < -0.3 is 10.0 Å². The van der Waals surface area contributed by atoms with Gasteiger partial charge in [0.05, 0.1) is 6.10 Å². The molecular formula is C16H23NO2. The number of aliphatic hydroxyl groups is 1. The summed E-state index contributed by atoms with van der Waals surface area (Å²) in [5, 5.41) is 9.44. The van der Waals surface area contributed by atoms with E-state index in [2.05, 4.69) is 31.2 Å². The summed E-state index contributed by atoms with van der Waals surface area (Å²) in [5.41, 5.74) is 1.33. The number of carbonyl (C=O) groups is 1. The molecule has 104 valence electrons. The van der Waals surface area contributed by atoms with Crippen LogP contribution in [-0.4, -0.2) is 35.1 Å². The van der Waals surface area contributed by atoms with Gasteiger partial charge in [-0.25, -0.2) is 0 Å². The van der Waals surface area contributed by atoms with Crippen LogP contribution in [0.25, 0.3) is 0 Å². The van der Waals surface area contributed by atoms with Crippen molar-refractivity contribution in [2.75, 3.05) is 13.1 Å². The fourth-order valence-corrected chi connectivity index (χ4v) is 2.56. The van der Waals surface area contributed by atoms with Crippen LogP contribution < -0.4 is 0 Å². The van der Waals surface area contributed by atoms with Crippen LogP contribution in [0, 0.1) is 5.92 Å². The Morgan fingerprint density at radius 1 is 1.42 bits per heavy atom. The zero-order chi connectivity index (χ0) is 13.7. The van der Waals surface area contributed by atoms with Crippen LogP contribution >= 0.6 is 0 Å². The van der Waals surface area contributed by atoms with Crippen molar-refractivity contribution in [1.82, 2.24) is 4.90 Å². The van der Waals surface area contributed by atoms with Gasteiger partial charge in [0.25, 0.3) is 0 Å². The molecule has 2 atom stereocenters. The van der Waals surface area contributed by atoms with Crippen LogP contribution in [-0.2, 0) is 11.2 Å². The SMILES string of the molecule is CC(CCc1ccccc1)CC(=O)N1CC[C@H](O)C1. The van der Waals surface area contributed by atoms with Crippen LogP contribution in [0.4, 0.5) is 0 Å². The highest BCUT2D eigenvalue weighted by Crippen LogP contribution is 2.17. The largest absolute Gasteiger partial charge is 0.391 e. The van der Waals surface area contributed by atoms with Crippen LogP contribution in [0.15, 0.2) is 30.3 Å². The van der Waals surface area contributed by atoms with Gasteiger partial charge in [0, 0.05) is 19.5 Å². The van der Waals surface area contributed by atoms with Crippen LogP contribution in [0.2, 0.25) is 0 Å². The molecule has 1 aromatic carbocycles. The number of likely N-dealkylation sites (tertiary alicyclic amines) is 1. The highest BCUT2D eigenvalue weighted by Gasteiger charge is 2.25. The van der Waals surface area contributed by atoms with Crippen LogP contribution in [0.3, 0.4) is 0 Å². The van der Waals surface area contributed by atoms with Gasteiger partial charge in [-0.2, -0.15) is 0 Å². The minimum atomic E-state index is -0.316. The molecule has 1 aliphatic rings. The summed E-state index contributed by atoms with van der Waals surface area (Å²) < 4.78 is 0. The van der Waals surface area contributed by atoms with Gasteiger partial charge in [0.1, 0.15) is 0 Å². The first kappa shape index (κ1) is 14.1. The van der Waals surface area contributed by atoms with E-state index in [1.54, 1.807) is 4.90 Å². The van der Waals surface area contributed by atoms with Gasteiger partial charge in [-0.05, 0) is 30.7 Å². The number of aliphatic hydroxyl groups excluding tert-OH is 1. The fraction of sp³-hybridized carbons (Fsp3) is 0.562. The first-order chi connectivity index (χ1) is 9.15. The van der Waals surface area contributed by atoms with Gasteiger partial charge >= 0.3 is 0 Å². The molecule has 1 N–H and O–H groups in total. The third-order valence-electron chi connectivity index (χ3n) is 3.81. The summed E-state index contributed by atoms with van der Waals surface area (Å²) in [7, 11) is 0. The lowest BCUT2D eigenvalue weighted by atomic mass is 9.98. The normalized spacial score (nSPS) is 20.5. The average Bonchev–Trinajstić information content (AvgIpc) is 2.84. The van der Waals surface area contributed by atoms with E-state index in [0.717, 1.165) is 19.3 Å². The van der Waals surface area contributed by atoms with E-state index >= 15 is 0 Å². The Bertz CT molecular complexity index is 404. The zero-order valence-electron chi connectivity index (χ0n) is 11.6. The maximum Gasteiger partial charge on any atom is 0.222 e. The van der Waals surface area contributed by atoms with Crippen LogP contribution in [0.1, 0.15) is 31.7 Å². The number of β-amino-alcohol motifs (C(OH)–C–C–N with tert-alkyl or cyclic N) is 1. The maximum atomic E-state index is 12.0. The quantitative estimate of drug-likeness (QED) is 0.883. The van der Waals surface area contributed by atoms with Gasteiger partial charge in [-0.1, -0.05) is 37.3 Å². The molecule has 1 saturated heterocycles. The van der Waals surface area contributed by atoms with E-state index in [0.29, 0.717) is 25.4 Å². The predicted molar refractivity (Wildman–Crippen MR) is 75.7 cm³/mol. The third-order valence-corrected chi connectivity index (χ3v) is 3.81. The Morgan fingerprint density at radius 3 is 2.79 bits per heavy atom. The summed E-state index contributed by atoms with van der Waals surface area (Å²) in [6, 6.07) is 10.4. The van der Waals surface area contributed by atoms with E-state index in [4.69, 9.17) is 0 Å². The molecular weight excluding hydrogens is 238 g/mol. The highest BCUT2D eigenvalue weighted by atomic mass is 16.3. The van der Waals surface area contributed by atoms with E-state index in [1.807, 2.05) is 6.07 Å². The molecule has 1 heterocycles. The standard InChI is InChI=1S/C16H23NO2/c1-13(7-8-14-5-3-2-4-6-14)11-16(19)17-10-9-15(18)12-17/h2-6,13,15,18H,7-12H2,1H3/t13?,15-/m0/s1. The van der Waals surface area contributed by atoms with Crippen LogP contribution in [0.5, 0.6) is 0 Å². The molecule has 3 nitrogen and oxygen atoms in total. The van der Waals surface area contributed by atoms with Gasteiger partial charge in [-0.3, -0.25) is 4.79 Å². The second-order valence-electron chi connectivity index (χ2n) is 5.62. The number of rotatable bonds is 5. The van der Waals surface area contributed by atoms with Crippen molar-refractivity contribution in [3.63, 3.8) is 0 Å². The summed E-state index contributed by atoms with van der Waals surface area (Å²) in [6.07, 6.45) is 3.07. The molecule has 0 bridgehead atoms. The maximum absolute atomic E-state index is 12.0. The van der Waals surface area contributed by atoms with E-state index in [1.165, 1.54) is 5.56 Å². The van der Waals surface area contributed by atoms with Crippen molar-refractivity contribution < 1.29 is 9.90 Å². The molecule has 1 aromatic rings. The zero-order valence-corrected chi connectivity index (χ0v) is 11.6. The van der Waals surface area contributed by atoms with Gasteiger partial charge in [-0.15, -0.1) is 0 Å². The smallest absolute Gasteiger partial charge is 0.222 e. The van der Waals surface area contributed by atoms with E-state index in [-0.39, 0.29) is 12.0 Å². The Hall–Kier alpha value is -1.35. The Morgan fingerprint density at radius 2 is 2.16 bits per heavy atom. The molecule has 3 heteroatoms. The number of nitrogens with zero attached hydrogens (tertiary/aromatic N) is 1. The lowest BCUT2D eigenvalue weighted by Gasteiger charge is -2.18. The molecule has 1 fully saturated rings. The Kier molecular flexibility index (Phi) is 4.97. The Labute approximate surface area is 115 Å².